The van der Waals surface area contributed by atoms with Gasteiger partial charge in [-0.25, -0.2) is 4.57 Å². The fraction of sp³-hybridized carbons (Fsp3) is 0.882. The first-order chi connectivity index (χ1) is 37.9. The number of hydrogen-bond acceptors (Lipinski definition) is 6. The van der Waals surface area contributed by atoms with Gasteiger partial charge < -0.3 is 19.4 Å². The third kappa shape index (κ3) is 58.9. The van der Waals surface area contributed by atoms with Gasteiger partial charge in [0.25, 0.3) is 0 Å². The lowest BCUT2D eigenvalue weighted by Crippen LogP contribution is -2.47. The van der Waals surface area contributed by atoms with Crippen molar-refractivity contribution in [2.45, 2.75) is 348 Å². The number of nitrogens with zero attached hydrogens (tertiary/aromatic N) is 1. The first kappa shape index (κ1) is 76.2. The van der Waals surface area contributed by atoms with Crippen molar-refractivity contribution in [1.82, 2.24) is 5.32 Å². The van der Waals surface area contributed by atoms with Gasteiger partial charge in [-0.2, -0.15) is 0 Å². The molecule has 0 heterocycles. The van der Waals surface area contributed by atoms with E-state index in [0.717, 1.165) is 64.2 Å². The van der Waals surface area contributed by atoms with Crippen LogP contribution < -0.4 is 5.32 Å². The van der Waals surface area contributed by atoms with E-state index >= 15 is 0 Å². The van der Waals surface area contributed by atoms with E-state index in [9.17, 15) is 19.0 Å². The molecular weight excluding hydrogens is 988 g/mol. The molecule has 0 aliphatic heterocycles. The van der Waals surface area contributed by atoms with Crippen molar-refractivity contribution in [3.8, 4) is 0 Å². The molecule has 0 aromatic rings. The second kappa shape index (κ2) is 58.4. The molecule has 1 amide bonds. The Morgan fingerprint density at radius 1 is 0.449 bits per heavy atom. The van der Waals surface area contributed by atoms with Gasteiger partial charge in [0.15, 0.2) is 0 Å². The smallest absolute Gasteiger partial charge is 0.456 e. The number of likely N-dealkylation sites (N-methyl/N-ethyl adjacent to an activating group) is 1. The van der Waals surface area contributed by atoms with Crippen LogP contribution in [0.25, 0.3) is 0 Å². The molecule has 3 atom stereocenters. The molecule has 0 bridgehead atoms. The highest BCUT2D eigenvalue weighted by Gasteiger charge is 2.30. The van der Waals surface area contributed by atoms with E-state index in [-0.39, 0.29) is 25.1 Å². The number of nitrogens with one attached hydrogen (secondary N) is 1. The fourth-order valence-corrected chi connectivity index (χ4v) is 10.8. The molecule has 0 saturated heterocycles. The Bertz CT molecular complexity index is 1430. The number of quaternary nitrogens is 1. The van der Waals surface area contributed by atoms with Gasteiger partial charge >= 0.3 is 13.8 Å². The van der Waals surface area contributed by atoms with Crippen molar-refractivity contribution in [3.05, 3.63) is 36.5 Å². The van der Waals surface area contributed by atoms with Gasteiger partial charge in [0.05, 0.1) is 33.8 Å². The molecule has 9 nitrogen and oxygen atoms in total. The zero-order valence-electron chi connectivity index (χ0n) is 52.7. The summed E-state index contributed by atoms with van der Waals surface area (Å²) in [6.45, 7) is 7.04. The number of rotatable bonds is 62. The zero-order chi connectivity index (χ0) is 57.2. The lowest BCUT2D eigenvalue weighted by Gasteiger charge is -2.27. The second-order valence-corrected chi connectivity index (χ2v) is 25.8. The topological polar surface area (TPSA) is 111 Å². The third-order valence-corrected chi connectivity index (χ3v) is 16.3. The van der Waals surface area contributed by atoms with Crippen molar-refractivity contribution in [2.24, 2.45) is 0 Å². The SMILES string of the molecule is CCCCC/C=C\C/C=C\CCCCCCCCCCCCCCCCCC(=O)NC(COP(=O)(O)OCC[N+](C)(C)C)C(/C=C\CCCCCCCCCCCC)OC(=O)CCCCCCCCCCCCCCCCC. The van der Waals surface area contributed by atoms with E-state index in [1.54, 1.807) is 0 Å². The maximum absolute atomic E-state index is 13.6. The molecule has 460 valence electrons. The number of allylic oxidation sites excluding steroid dienone is 5. The Morgan fingerprint density at radius 3 is 1.18 bits per heavy atom. The van der Waals surface area contributed by atoms with Crippen molar-refractivity contribution in [1.29, 1.82) is 0 Å². The van der Waals surface area contributed by atoms with Crippen LogP contribution in [0.1, 0.15) is 335 Å². The third-order valence-electron chi connectivity index (χ3n) is 15.3. The summed E-state index contributed by atoms with van der Waals surface area (Å²) >= 11 is 0. The molecule has 0 fully saturated rings. The number of hydrogen-bond donors (Lipinski definition) is 2. The number of unbranched alkanes of at least 4 members (excludes halogenated alkanes) is 42. The molecule has 2 N–H and O–H groups in total. The molecular formula is C68H132N2O7P+. The summed E-state index contributed by atoms with van der Waals surface area (Å²) in [4.78, 5) is 37.8. The summed E-state index contributed by atoms with van der Waals surface area (Å²) in [5.41, 5.74) is 0. The minimum absolute atomic E-state index is 0.0434. The molecule has 0 aliphatic rings. The largest absolute Gasteiger partial charge is 0.472 e. The van der Waals surface area contributed by atoms with Crippen molar-refractivity contribution in [3.63, 3.8) is 0 Å². The van der Waals surface area contributed by atoms with Crippen molar-refractivity contribution in [2.75, 3.05) is 40.9 Å². The van der Waals surface area contributed by atoms with Crippen molar-refractivity contribution < 1.29 is 37.3 Å². The van der Waals surface area contributed by atoms with Crippen LogP contribution in [0.2, 0.25) is 0 Å². The predicted octanol–water partition coefficient (Wildman–Crippen LogP) is 21.1. The molecule has 0 spiro atoms. The molecule has 0 radical (unpaired) electrons. The average Bonchev–Trinajstić information content (AvgIpc) is 3.40. The van der Waals surface area contributed by atoms with E-state index in [0.29, 0.717) is 23.9 Å². The van der Waals surface area contributed by atoms with Gasteiger partial charge in [-0.15, -0.1) is 0 Å². The molecule has 0 aliphatic carbocycles. The summed E-state index contributed by atoms with van der Waals surface area (Å²) < 4.78 is 30.8. The molecule has 3 unspecified atom stereocenters. The standard InChI is InChI=1S/C68H131N2O7P/c1-7-10-13-16-19-22-25-28-30-31-32-33-34-35-36-37-38-39-41-42-45-48-51-54-57-60-67(71)69-65(64-76-78(73,74)75-63-62-70(4,5)6)66(59-56-53-50-47-44-27-24-21-18-15-12-9-3)77-68(72)61-58-55-52-49-46-43-40-29-26-23-20-17-14-11-8-2/h19,22,28,30,56,59,65-66H,7-18,20-21,23-27,29,31-55,57-58,60-64H2,1-6H3,(H-,69,71,73,74)/p+1/b22-19-,30-28-,59-56-. The predicted molar refractivity (Wildman–Crippen MR) is 337 cm³/mol. The first-order valence-electron chi connectivity index (χ1n) is 33.8. The van der Waals surface area contributed by atoms with Gasteiger partial charge in [0.1, 0.15) is 19.3 Å². The van der Waals surface area contributed by atoms with Crippen LogP contribution in [0.4, 0.5) is 0 Å². The summed E-state index contributed by atoms with van der Waals surface area (Å²) in [6.07, 6.45) is 71.5. The lowest BCUT2D eigenvalue weighted by molar-refractivity contribution is -0.870. The maximum atomic E-state index is 13.6. The Labute approximate surface area is 485 Å². The Hall–Kier alpha value is -1.77. The van der Waals surface area contributed by atoms with E-state index < -0.39 is 20.0 Å². The summed E-state index contributed by atoms with van der Waals surface area (Å²) in [6, 6.07) is -0.844. The van der Waals surface area contributed by atoms with Gasteiger partial charge in [-0.1, -0.05) is 295 Å². The quantitative estimate of drug-likeness (QED) is 0.0205. The molecule has 10 heteroatoms. The van der Waals surface area contributed by atoms with E-state index in [2.05, 4.69) is 50.4 Å². The Morgan fingerprint density at radius 2 is 0.782 bits per heavy atom. The van der Waals surface area contributed by atoms with Crippen LogP contribution in [-0.2, 0) is 27.9 Å². The molecule has 0 rings (SSSR count). The number of phosphoric acid groups is 1. The molecule has 78 heavy (non-hydrogen) atoms. The highest BCUT2D eigenvalue weighted by atomic mass is 31.2. The van der Waals surface area contributed by atoms with Crippen LogP contribution in [0.15, 0.2) is 36.5 Å². The maximum Gasteiger partial charge on any atom is 0.472 e. The summed E-state index contributed by atoms with van der Waals surface area (Å²) in [7, 11) is 1.51. The Balaban J connectivity index is 5.04. The lowest BCUT2D eigenvalue weighted by atomic mass is 10.0. The molecule has 0 saturated carbocycles. The van der Waals surface area contributed by atoms with E-state index in [1.165, 1.54) is 238 Å². The van der Waals surface area contributed by atoms with Crippen LogP contribution in [0, 0.1) is 0 Å². The number of ether oxygens (including phenoxy) is 1. The minimum Gasteiger partial charge on any atom is -0.456 e. The first-order valence-corrected chi connectivity index (χ1v) is 35.3. The van der Waals surface area contributed by atoms with Gasteiger partial charge in [-0.3, -0.25) is 18.6 Å². The van der Waals surface area contributed by atoms with Crippen LogP contribution in [0.5, 0.6) is 0 Å². The molecule has 0 aromatic carbocycles. The average molecular weight is 1120 g/mol. The Kier molecular flexibility index (Phi) is 57.1. The number of carbonyl (C=O) groups is 2. The highest BCUT2D eigenvalue weighted by molar-refractivity contribution is 7.47. The van der Waals surface area contributed by atoms with Crippen molar-refractivity contribution >= 4 is 19.7 Å². The van der Waals surface area contributed by atoms with Crippen LogP contribution in [-0.4, -0.2) is 74.3 Å². The summed E-state index contributed by atoms with van der Waals surface area (Å²) in [5, 5.41) is 3.07. The molecule has 0 aromatic heterocycles. The fourth-order valence-electron chi connectivity index (χ4n) is 10.1. The number of amides is 1. The van der Waals surface area contributed by atoms with Gasteiger partial charge in [0.2, 0.25) is 5.91 Å². The van der Waals surface area contributed by atoms with E-state index in [4.69, 9.17) is 13.8 Å². The second-order valence-electron chi connectivity index (χ2n) is 24.4. The van der Waals surface area contributed by atoms with Gasteiger partial charge in [0, 0.05) is 12.8 Å². The number of phosphoric ester groups is 1. The van der Waals surface area contributed by atoms with Crippen LogP contribution >= 0.6 is 7.82 Å². The number of carbonyl (C=O) groups excluding carboxylic acids is 2. The van der Waals surface area contributed by atoms with Gasteiger partial charge in [-0.05, 0) is 63.9 Å². The monoisotopic (exact) mass is 1120 g/mol. The highest BCUT2D eigenvalue weighted by Crippen LogP contribution is 2.43. The zero-order valence-corrected chi connectivity index (χ0v) is 53.6. The number of esters is 1. The van der Waals surface area contributed by atoms with E-state index in [1.807, 2.05) is 33.3 Å². The minimum atomic E-state index is -4.45. The summed E-state index contributed by atoms with van der Waals surface area (Å²) in [5.74, 6) is -0.487. The van der Waals surface area contributed by atoms with Crippen LogP contribution in [0.3, 0.4) is 0 Å². The normalized spacial score (nSPS) is 13.8.